The number of nitrogens with zero attached hydrogens (tertiary/aromatic N) is 2. The molecule has 1 atom stereocenters. The van der Waals surface area contributed by atoms with E-state index in [2.05, 4.69) is 4.57 Å². The van der Waals surface area contributed by atoms with Crippen molar-refractivity contribution in [2.75, 3.05) is 0 Å². The van der Waals surface area contributed by atoms with E-state index in [1.165, 1.54) is 6.92 Å². The summed E-state index contributed by atoms with van der Waals surface area (Å²) in [5.74, 6) is 0.288. The van der Waals surface area contributed by atoms with Gasteiger partial charge in [0.25, 0.3) is 0 Å². The maximum Gasteiger partial charge on any atom is 0.308 e. The molecular weight excluding hydrogens is 566 g/mol. The van der Waals surface area contributed by atoms with Gasteiger partial charge in [-0.1, -0.05) is 58.5 Å². The van der Waals surface area contributed by atoms with Gasteiger partial charge in [-0.25, -0.2) is 9.13 Å². The Bertz CT molecular complexity index is 1450. The van der Waals surface area contributed by atoms with Crippen LogP contribution in [0.5, 0.6) is 5.75 Å². The number of esters is 1. The van der Waals surface area contributed by atoms with Gasteiger partial charge < -0.3 is 9.47 Å². The molecular formula is C29H27Cl4N2O3+. The van der Waals surface area contributed by atoms with Gasteiger partial charge in [0, 0.05) is 32.6 Å². The Morgan fingerprint density at radius 1 is 0.947 bits per heavy atom. The number of carbonyl (C=O) groups is 1. The predicted molar refractivity (Wildman–Crippen MR) is 151 cm³/mol. The Kier molecular flexibility index (Phi) is 9.40. The second-order valence-corrected chi connectivity index (χ2v) is 10.8. The Morgan fingerprint density at radius 3 is 2.24 bits per heavy atom. The topological polar surface area (TPSA) is 44.3 Å². The highest BCUT2D eigenvalue weighted by molar-refractivity contribution is 6.35. The number of hydrogen-bond donors (Lipinski definition) is 0. The molecule has 0 spiro atoms. The van der Waals surface area contributed by atoms with Crippen molar-refractivity contribution in [2.45, 2.75) is 46.6 Å². The summed E-state index contributed by atoms with van der Waals surface area (Å²) in [6.07, 6.45) is 5.64. The lowest BCUT2D eigenvalue weighted by atomic mass is 10.1. The number of imidazole rings is 1. The summed E-state index contributed by atoms with van der Waals surface area (Å²) < 4.78 is 15.8. The maximum absolute atomic E-state index is 11.4. The Hall–Kier alpha value is -2.54. The van der Waals surface area contributed by atoms with E-state index in [1.807, 2.05) is 61.4 Å². The quantitative estimate of drug-likeness (QED) is 0.113. The molecule has 4 rings (SSSR count). The first-order chi connectivity index (χ1) is 18.1. The fourth-order valence-corrected chi connectivity index (χ4v) is 5.30. The average molecular weight is 593 g/mol. The van der Waals surface area contributed by atoms with E-state index in [-0.39, 0.29) is 18.7 Å². The molecule has 0 aliphatic heterocycles. The molecule has 4 aromatic rings. The van der Waals surface area contributed by atoms with Gasteiger partial charge >= 0.3 is 5.97 Å². The number of benzene rings is 3. The molecule has 0 amide bonds. The minimum absolute atomic E-state index is 0.286. The summed E-state index contributed by atoms with van der Waals surface area (Å²) in [6.45, 7) is 6.74. The van der Waals surface area contributed by atoms with Crippen LogP contribution < -0.4 is 9.30 Å². The molecule has 0 aliphatic carbocycles. The van der Waals surface area contributed by atoms with E-state index >= 15 is 0 Å². The number of carbonyl (C=O) groups excluding carboxylic acids is 1. The van der Waals surface area contributed by atoms with Crippen LogP contribution in [0.25, 0.3) is 0 Å². The lowest BCUT2D eigenvalue weighted by molar-refractivity contribution is -0.687. The molecule has 0 saturated heterocycles. The van der Waals surface area contributed by atoms with Crippen molar-refractivity contribution in [3.63, 3.8) is 0 Å². The number of rotatable bonds is 9. The second-order valence-electron chi connectivity index (χ2n) is 9.14. The molecule has 3 aromatic carbocycles. The van der Waals surface area contributed by atoms with Gasteiger partial charge in [0.1, 0.15) is 37.3 Å². The molecule has 5 nitrogen and oxygen atoms in total. The van der Waals surface area contributed by atoms with Crippen molar-refractivity contribution in [3.05, 3.63) is 115 Å². The van der Waals surface area contributed by atoms with Gasteiger partial charge in [-0.05, 0) is 72.5 Å². The molecule has 0 bridgehead atoms. The fraction of sp³-hybridized carbons (Fsp3) is 0.241. The lowest BCUT2D eigenvalue weighted by Crippen LogP contribution is -2.32. The zero-order valence-corrected chi connectivity index (χ0v) is 24.2. The third kappa shape index (κ3) is 7.31. The minimum atomic E-state index is -0.361. The van der Waals surface area contributed by atoms with Crippen LogP contribution in [0.4, 0.5) is 0 Å². The van der Waals surface area contributed by atoms with E-state index in [1.54, 1.807) is 24.3 Å². The van der Waals surface area contributed by atoms with Crippen LogP contribution in [0, 0.1) is 13.8 Å². The van der Waals surface area contributed by atoms with Gasteiger partial charge in [-0.3, -0.25) is 4.79 Å². The summed E-state index contributed by atoms with van der Waals surface area (Å²) in [7, 11) is 0. The Balaban J connectivity index is 1.53. The van der Waals surface area contributed by atoms with Crippen LogP contribution in [0.15, 0.2) is 67.3 Å². The normalized spacial score (nSPS) is 12.0. The number of halogens is 4. The van der Waals surface area contributed by atoms with Crippen molar-refractivity contribution < 1.29 is 18.8 Å². The van der Waals surface area contributed by atoms with Gasteiger partial charge in [-0.2, -0.15) is 0 Å². The summed E-state index contributed by atoms with van der Waals surface area (Å²) in [4.78, 5) is 11.4. The minimum Gasteiger partial charge on any atom is -0.426 e. The highest BCUT2D eigenvalue weighted by atomic mass is 35.5. The van der Waals surface area contributed by atoms with E-state index in [4.69, 9.17) is 55.9 Å². The third-order valence-corrected chi connectivity index (χ3v) is 7.17. The number of hydrogen-bond acceptors (Lipinski definition) is 3. The molecule has 0 saturated carbocycles. The van der Waals surface area contributed by atoms with Crippen LogP contribution in [0.3, 0.4) is 0 Å². The first kappa shape index (κ1) is 28.5. The molecule has 1 aromatic heterocycles. The van der Waals surface area contributed by atoms with Crippen molar-refractivity contribution in [1.82, 2.24) is 4.57 Å². The first-order valence-corrected chi connectivity index (χ1v) is 13.4. The van der Waals surface area contributed by atoms with E-state index in [9.17, 15) is 4.79 Å². The van der Waals surface area contributed by atoms with Crippen LogP contribution in [0.1, 0.15) is 40.8 Å². The highest BCUT2D eigenvalue weighted by Crippen LogP contribution is 2.32. The molecule has 9 heteroatoms. The van der Waals surface area contributed by atoms with Crippen molar-refractivity contribution in [1.29, 1.82) is 0 Å². The van der Waals surface area contributed by atoms with E-state index < -0.39 is 0 Å². The fourth-order valence-electron chi connectivity index (χ4n) is 4.31. The van der Waals surface area contributed by atoms with Crippen LogP contribution in [0.2, 0.25) is 20.1 Å². The third-order valence-electron chi connectivity index (χ3n) is 6.02. The average Bonchev–Trinajstić information content (AvgIpc) is 3.27. The molecule has 0 N–H and O–H groups in total. The van der Waals surface area contributed by atoms with Gasteiger partial charge in [0.05, 0.1) is 6.61 Å². The zero-order valence-electron chi connectivity index (χ0n) is 21.2. The highest BCUT2D eigenvalue weighted by Gasteiger charge is 2.21. The summed E-state index contributed by atoms with van der Waals surface area (Å²) >= 11 is 25.1. The van der Waals surface area contributed by atoms with E-state index in [0.29, 0.717) is 38.9 Å². The zero-order chi connectivity index (χ0) is 27.4. The van der Waals surface area contributed by atoms with Crippen LogP contribution >= 0.6 is 46.4 Å². The SMILES string of the molecule is CC(=O)Oc1c(C)cc(C[n+]2ccn(CC(OCc3ccc(Cl)cc3Cl)c3ccc(Cl)cc3Cl)c2)cc1C. The summed E-state index contributed by atoms with van der Waals surface area (Å²) in [6, 6.07) is 14.8. The van der Waals surface area contributed by atoms with Gasteiger partial charge in [0.2, 0.25) is 6.33 Å². The molecule has 38 heavy (non-hydrogen) atoms. The van der Waals surface area contributed by atoms with E-state index in [0.717, 1.165) is 27.8 Å². The molecule has 0 radical (unpaired) electrons. The van der Waals surface area contributed by atoms with Crippen molar-refractivity contribution >= 4 is 52.4 Å². The predicted octanol–water partition coefficient (Wildman–Crippen LogP) is 7.94. The molecule has 1 unspecified atom stereocenters. The maximum atomic E-state index is 11.4. The van der Waals surface area contributed by atoms with Crippen molar-refractivity contribution in [2.24, 2.45) is 0 Å². The smallest absolute Gasteiger partial charge is 0.308 e. The largest absolute Gasteiger partial charge is 0.426 e. The Morgan fingerprint density at radius 2 is 1.61 bits per heavy atom. The van der Waals surface area contributed by atoms with Gasteiger partial charge in [-0.15, -0.1) is 0 Å². The monoisotopic (exact) mass is 591 g/mol. The molecule has 198 valence electrons. The van der Waals surface area contributed by atoms with Crippen LogP contribution in [-0.4, -0.2) is 10.5 Å². The summed E-state index contributed by atoms with van der Waals surface area (Å²) in [5, 5.41) is 2.20. The number of aryl methyl sites for hydroxylation is 2. The van der Waals surface area contributed by atoms with Gasteiger partial charge in [0.15, 0.2) is 0 Å². The van der Waals surface area contributed by atoms with Crippen molar-refractivity contribution in [3.8, 4) is 5.75 Å². The molecule has 0 aliphatic rings. The molecule has 1 heterocycles. The summed E-state index contributed by atoms with van der Waals surface area (Å²) in [5.41, 5.74) is 4.60. The Labute approximate surface area is 242 Å². The standard InChI is InChI=1S/C29H27Cl4N2O3/c1-18-10-21(11-19(2)29(18)38-20(3)36)14-34-8-9-35(17-34)15-28(25-7-6-24(31)13-27(25)33)37-16-22-4-5-23(30)12-26(22)32/h4-13,17,28H,14-16H2,1-3H3/q+1. The second kappa shape index (κ2) is 12.5. The number of ether oxygens (including phenoxy) is 2. The number of aromatic nitrogens is 2. The van der Waals surface area contributed by atoms with Crippen LogP contribution in [-0.2, 0) is 29.2 Å². The first-order valence-electron chi connectivity index (χ1n) is 11.9. The molecule has 0 fully saturated rings. The lowest BCUT2D eigenvalue weighted by Gasteiger charge is -2.19.